The first kappa shape index (κ1) is 15.1. The molecule has 1 aromatic rings. The van der Waals surface area contributed by atoms with Crippen molar-refractivity contribution in [3.8, 4) is 0 Å². The first-order chi connectivity index (χ1) is 8.86. The molecule has 3 nitrogen and oxygen atoms in total. The normalized spacial score (nSPS) is 12.6. The van der Waals surface area contributed by atoms with E-state index in [1.54, 1.807) is 0 Å². The van der Waals surface area contributed by atoms with Crippen LogP contribution in [-0.4, -0.2) is 30.8 Å². The summed E-state index contributed by atoms with van der Waals surface area (Å²) >= 11 is 0. The van der Waals surface area contributed by atoms with Crippen LogP contribution in [0.15, 0.2) is 24.5 Å². The van der Waals surface area contributed by atoms with Gasteiger partial charge in [-0.3, -0.25) is 4.98 Å². The Morgan fingerprint density at radius 1 is 1.28 bits per heavy atom. The zero-order chi connectivity index (χ0) is 13.1. The van der Waals surface area contributed by atoms with Gasteiger partial charge in [-0.2, -0.15) is 0 Å². The molecule has 1 atom stereocenters. The van der Waals surface area contributed by atoms with Gasteiger partial charge >= 0.3 is 0 Å². The van der Waals surface area contributed by atoms with Gasteiger partial charge in [0.2, 0.25) is 0 Å². The lowest BCUT2D eigenvalue weighted by Gasteiger charge is -2.16. The highest BCUT2D eigenvalue weighted by Gasteiger charge is 2.05. The Labute approximate surface area is 111 Å². The van der Waals surface area contributed by atoms with Crippen molar-refractivity contribution in [3.05, 3.63) is 30.1 Å². The lowest BCUT2D eigenvalue weighted by molar-refractivity contribution is 0.0495. The molecule has 1 rings (SSSR count). The Bertz CT molecular complexity index is 290. The third-order valence-electron chi connectivity index (χ3n) is 2.97. The Hall–Kier alpha value is -0.930. The molecule has 0 fully saturated rings. The number of pyridine rings is 1. The van der Waals surface area contributed by atoms with Crippen molar-refractivity contribution in [3.63, 3.8) is 0 Å². The highest BCUT2D eigenvalue weighted by Crippen LogP contribution is 2.03. The summed E-state index contributed by atoms with van der Waals surface area (Å²) in [5, 5.41) is 3.41. The third kappa shape index (κ3) is 6.72. The highest BCUT2D eigenvalue weighted by molar-refractivity contribution is 5.09. The van der Waals surface area contributed by atoms with Crippen molar-refractivity contribution in [2.24, 2.45) is 0 Å². The molecule has 0 aromatic carbocycles. The molecule has 0 spiro atoms. The summed E-state index contributed by atoms with van der Waals surface area (Å²) in [5.74, 6) is 0. The number of aromatic nitrogens is 1. The van der Waals surface area contributed by atoms with Gasteiger partial charge in [-0.25, -0.2) is 0 Å². The van der Waals surface area contributed by atoms with Crippen LogP contribution in [0, 0.1) is 0 Å². The molecule has 102 valence electrons. The number of aryl methyl sites for hydroxylation is 1. The van der Waals surface area contributed by atoms with E-state index in [1.165, 1.54) is 12.0 Å². The van der Waals surface area contributed by atoms with E-state index in [0.29, 0.717) is 6.10 Å². The second-order valence-corrected chi connectivity index (χ2v) is 4.56. The van der Waals surface area contributed by atoms with Crippen LogP contribution in [0.2, 0.25) is 0 Å². The summed E-state index contributed by atoms with van der Waals surface area (Å²) < 4.78 is 5.88. The fraction of sp³-hybridized carbons (Fsp3) is 0.667. The molecule has 1 unspecified atom stereocenters. The van der Waals surface area contributed by atoms with E-state index in [4.69, 9.17) is 4.74 Å². The van der Waals surface area contributed by atoms with Crippen molar-refractivity contribution in [2.45, 2.75) is 45.6 Å². The van der Waals surface area contributed by atoms with Gasteiger partial charge in [0.15, 0.2) is 0 Å². The van der Waals surface area contributed by atoms with E-state index in [2.05, 4.69) is 36.3 Å². The monoisotopic (exact) mass is 250 g/mol. The Morgan fingerprint density at radius 3 is 2.72 bits per heavy atom. The fourth-order valence-electron chi connectivity index (χ4n) is 1.84. The van der Waals surface area contributed by atoms with Crippen molar-refractivity contribution >= 4 is 0 Å². The molecule has 0 bridgehead atoms. The average molecular weight is 250 g/mol. The van der Waals surface area contributed by atoms with Crippen LogP contribution >= 0.6 is 0 Å². The molecule has 1 heterocycles. The second kappa shape index (κ2) is 10.0. The van der Waals surface area contributed by atoms with Crippen molar-refractivity contribution in [1.82, 2.24) is 10.3 Å². The van der Waals surface area contributed by atoms with E-state index >= 15 is 0 Å². The second-order valence-electron chi connectivity index (χ2n) is 4.56. The topological polar surface area (TPSA) is 34.1 Å². The van der Waals surface area contributed by atoms with Crippen LogP contribution in [0.1, 0.15) is 38.7 Å². The standard InChI is InChI=1S/C15H26N2O/c1-3-9-17-13-15(4-2)18-12-5-6-14-7-10-16-11-8-14/h7-8,10-11,15,17H,3-6,9,12-13H2,1-2H3. The van der Waals surface area contributed by atoms with E-state index in [-0.39, 0.29) is 0 Å². The number of hydrogen-bond donors (Lipinski definition) is 1. The quantitative estimate of drug-likeness (QED) is 0.648. The number of rotatable bonds is 10. The van der Waals surface area contributed by atoms with E-state index in [9.17, 15) is 0 Å². The molecule has 0 aliphatic carbocycles. The molecule has 0 saturated carbocycles. The Kier molecular flexibility index (Phi) is 8.43. The van der Waals surface area contributed by atoms with Crippen LogP contribution in [0.25, 0.3) is 0 Å². The molecule has 18 heavy (non-hydrogen) atoms. The maximum atomic E-state index is 5.88. The van der Waals surface area contributed by atoms with Gasteiger partial charge < -0.3 is 10.1 Å². The Balaban J connectivity index is 2.08. The lowest BCUT2D eigenvalue weighted by Crippen LogP contribution is -2.29. The van der Waals surface area contributed by atoms with E-state index in [1.807, 2.05) is 12.4 Å². The number of hydrogen-bond acceptors (Lipinski definition) is 3. The van der Waals surface area contributed by atoms with Crippen LogP contribution in [0.5, 0.6) is 0 Å². The summed E-state index contributed by atoms with van der Waals surface area (Å²) in [6.45, 7) is 7.26. The molecule has 1 N–H and O–H groups in total. The lowest BCUT2D eigenvalue weighted by atomic mass is 10.1. The average Bonchev–Trinajstić information content (AvgIpc) is 2.43. The molecule has 0 amide bonds. The van der Waals surface area contributed by atoms with Crippen molar-refractivity contribution in [1.29, 1.82) is 0 Å². The zero-order valence-corrected chi connectivity index (χ0v) is 11.7. The first-order valence-electron chi connectivity index (χ1n) is 7.08. The molecule has 3 heteroatoms. The predicted molar refractivity (Wildman–Crippen MR) is 75.7 cm³/mol. The van der Waals surface area contributed by atoms with Crippen molar-refractivity contribution < 1.29 is 4.74 Å². The summed E-state index contributed by atoms with van der Waals surface area (Å²) in [4.78, 5) is 4.02. The summed E-state index contributed by atoms with van der Waals surface area (Å²) in [6, 6.07) is 4.14. The fourth-order valence-corrected chi connectivity index (χ4v) is 1.84. The molecular formula is C15H26N2O. The molecule has 0 saturated heterocycles. The number of nitrogens with one attached hydrogen (secondary N) is 1. The van der Waals surface area contributed by atoms with Gasteiger partial charge in [-0.15, -0.1) is 0 Å². The SMILES string of the molecule is CCCNCC(CC)OCCCc1ccncc1. The van der Waals surface area contributed by atoms with Crippen LogP contribution < -0.4 is 5.32 Å². The van der Waals surface area contributed by atoms with Gasteiger partial charge in [-0.05, 0) is 49.9 Å². The van der Waals surface area contributed by atoms with E-state index in [0.717, 1.165) is 39.0 Å². The third-order valence-corrected chi connectivity index (χ3v) is 2.97. The zero-order valence-electron chi connectivity index (χ0n) is 11.7. The molecule has 0 aliphatic heterocycles. The van der Waals surface area contributed by atoms with E-state index < -0.39 is 0 Å². The van der Waals surface area contributed by atoms with Crippen molar-refractivity contribution in [2.75, 3.05) is 19.7 Å². The smallest absolute Gasteiger partial charge is 0.0696 e. The summed E-state index contributed by atoms with van der Waals surface area (Å²) in [7, 11) is 0. The van der Waals surface area contributed by atoms with Gasteiger partial charge in [0.1, 0.15) is 0 Å². The maximum Gasteiger partial charge on any atom is 0.0696 e. The summed E-state index contributed by atoms with van der Waals surface area (Å²) in [6.07, 6.45) is 8.45. The minimum atomic E-state index is 0.356. The summed E-state index contributed by atoms with van der Waals surface area (Å²) in [5.41, 5.74) is 1.34. The maximum absolute atomic E-state index is 5.88. The van der Waals surface area contributed by atoms with Gasteiger partial charge in [-0.1, -0.05) is 13.8 Å². The molecule has 0 radical (unpaired) electrons. The number of ether oxygens (including phenoxy) is 1. The van der Waals surface area contributed by atoms with Crippen LogP contribution in [0.4, 0.5) is 0 Å². The van der Waals surface area contributed by atoms with Gasteiger partial charge in [0, 0.05) is 25.5 Å². The largest absolute Gasteiger partial charge is 0.377 e. The number of nitrogens with zero attached hydrogens (tertiary/aromatic N) is 1. The van der Waals surface area contributed by atoms with Gasteiger partial charge in [0.05, 0.1) is 6.10 Å². The minimum Gasteiger partial charge on any atom is -0.377 e. The Morgan fingerprint density at radius 2 is 2.06 bits per heavy atom. The van der Waals surface area contributed by atoms with Crippen LogP contribution in [-0.2, 0) is 11.2 Å². The molecular weight excluding hydrogens is 224 g/mol. The highest BCUT2D eigenvalue weighted by atomic mass is 16.5. The molecule has 0 aliphatic rings. The van der Waals surface area contributed by atoms with Gasteiger partial charge in [0.25, 0.3) is 0 Å². The minimum absolute atomic E-state index is 0.356. The molecule has 1 aromatic heterocycles. The predicted octanol–water partition coefficient (Wildman–Crippen LogP) is 2.81. The first-order valence-corrected chi connectivity index (χ1v) is 7.08. The van der Waals surface area contributed by atoms with Crippen LogP contribution in [0.3, 0.4) is 0 Å².